The number of nitrogens with two attached hydrogens (primary N) is 1. The van der Waals surface area contributed by atoms with Crippen LogP contribution in [-0.2, 0) is 5.41 Å². The molecule has 17 heavy (non-hydrogen) atoms. The summed E-state index contributed by atoms with van der Waals surface area (Å²) in [5.74, 6) is 0.632. The van der Waals surface area contributed by atoms with E-state index in [0.717, 1.165) is 12.1 Å². The van der Waals surface area contributed by atoms with Crippen LogP contribution in [0.25, 0.3) is 0 Å². The summed E-state index contributed by atoms with van der Waals surface area (Å²) >= 11 is 0. The number of hydrogen-bond donors (Lipinski definition) is 1. The predicted octanol–water partition coefficient (Wildman–Crippen LogP) is 4.07. The van der Waals surface area contributed by atoms with E-state index in [4.69, 9.17) is 5.73 Å². The molecule has 1 aromatic rings. The second kappa shape index (κ2) is 4.79. The fraction of sp³-hybridized carbons (Fsp3) is 0.375. The van der Waals surface area contributed by atoms with E-state index in [-0.39, 0.29) is 5.41 Å². The van der Waals surface area contributed by atoms with E-state index in [0.29, 0.717) is 5.92 Å². The number of nitrogen functional groups attached to an aromatic ring is 1. The van der Waals surface area contributed by atoms with Crippen LogP contribution >= 0.6 is 0 Å². The molecule has 1 aliphatic rings. The fourth-order valence-corrected chi connectivity index (χ4v) is 2.66. The summed E-state index contributed by atoms with van der Waals surface area (Å²) in [4.78, 5) is 0. The first-order valence-electron chi connectivity index (χ1n) is 6.39. The lowest BCUT2D eigenvalue weighted by molar-refractivity contribution is 0.347. The van der Waals surface area contributed by atoms with Crippen molar-refractivity contribution in [3.63, 3.8) is 0 Å². The molecular weight excluding hydrogens is 206 g/mol. The van der Waals surface area contributed by atoms with Gasteiger partial charge in [-0.2, -0.15) is 0 Å². The highest BCUT2D eigenvalue weighted by molar-refractivity contribution is 5.44. The van der Waals surface area contributed by atoms with Crippen LogP contribution in [0.15, 0.2) is 48.6 Å². The maximum absolute atomic E-state index is 5.78. The lowest BCUT2D eigenvalue weighted by Gasteiger charge is -2.37. The number of benzene rings is 1. The third-order valence-electron chi connectivity index (χ3n) is 4.04. The first kappa shape index (κ1) is 12.0. The van der Waals surface area contributed by atoms with Crippen molar-refractivity contribution in [1.29, 1.82) is 0 Å². The second-order valence-electron chi connectivity index (χ2n) is 4.96. The lowest BCUT2D eigenvalue weighted by atomic mass is 9.66. The van der Waals surface area contributed by atoms with Gasteiger partial charge in [0.05, 0.1) is 0 Å². The molecule has 1 aliphatic carbocycles. The van der Waals surface area contributed by atoms with Crippen molar-refractivity contribution < 1.29 is 0 Å². The van der Waals surface area contributed by atoms with Crippen molar-refractivity contribution in [1.82, 2.24) is 0 Å². The van der Waals surface area contributed by atoms with Crippen LogP contribution in [0.4, 0.5) is 5.69 Å². The molecule has 1 heteroatoms. The van der Waals surface area contributed by atoms with Crippen molar-refractivity contribution in [2.45, 2.75) is 32.1 Å². The molecule has 2 atom stereocenters. The minimum Gasteiger partial charge on any atom is -0.399 e. The van der Waals surface area contributed by atoms with E-state index in [9.17, 15) is 0 Å². The number of rotatable bonds is 3. The van der Waals surface area contributed by atoms with Gasteiger partial charge in [-0.3, -0.25) is 0 Å². The molecular formula is C16H21N. The van der Waals surface area contributed by atoms with Gasteiger partial charge in [0.2, 0.25) is 0 Å². The van der Waals surface area contributed by atoms with Crippen LogP contribution in [0.3, 0.4) is 0 Å². The molecule has 0 amide bonds. The quantitative estimate of drug-likeness (QED) is 0.774. The standard InChI is InChI=1S/C16H21N/c1-3-13(2)16(11-5-4-6-12-16)14-7-9-15(17)10-8-14/h4-11,13H,3,12,17H2,1-2H3. The van der Waals surface area contributed by atoms with E-state index in [1.807, 2.05) is 12.1 Å². The SMILES string of the molecule is CCC(C)C1(c2ccc(N)cc2)C=CC=CC1. The van der Waals surface area contributed by atoms with Crippen LogP contribution in [0.5, 0.6) is 0 Å². The Morgan fingerprint density at radius 2 is 1.94 bits per heavy atom. The Hall–Kier alpha value is -1.50. The van der Waals surface area contributed by atoms with Crippen LogP contribution in [-0.4, -0.2) is 0 Å². The summed E-state index contributed by atoms with van der Waals surface area (Å²) < 4.78 is 0. The number of anilines is 1. The molecule has 1 nitrogen and oxygen atoms in total. The average molecular weight is 227 g/mol. The van der Waals surface area contributed by atoms with Crippen molar-refractivity contribution in [2.24, 2.45) is 5.92 Å². The fourth-order valence-electron chi connectivity index (χ4n) is 2.66. The molecule has 0 aliphatic heterocycles. The van der Waals surface area contributed by atoms with Crippen molar-refractivity contribution in [3.8, 4) is 0 Å². The van der Waals surface area contributed by atoms with E-state index in [2.05, 4.69) is 50.3 Å². The number of allylic oxidation sites excluding steroid dienone is 4. The Morgan fingerprint density at radius 1 is 1.24 bits per heavy atom. The lowest BCUT2D eigenvalue weighted by Crippen LogP contribution is -2.31. The summed E-state index contributed by atoms with van der Waals surface area (Å²) in [6.45, 7) is 4.59. The first-order valence-corrected chi connectivity index (χ1v) is 6.39. The summed E-state index contributed by atoms with van der Waals surface area (Å²) in [7, 11) is 0. The molecule has 0 saturated carbocycles. The molecule has 0 saturated heterocycles. The summed E-state index contributed by atoms with van der Waals surface area (Å²) in [6.07, 6.45) is 11.2. The van der Waals surface area contributed by atoms with Crippen molar-refractivity contribution in [2.75, 3.05) is 5.73 Å². The largest absolute Gasteiger partial charge is 0.399 e. The monoisotopic (exact) mass is 227 g/mol. The molecule has 1 aromatic carbocycles. The Morgan fingerprint density at radius 3 is 2.47 bits per heavy atom. The summed E-state index contributed by atoms with van der Waals surface area (Å²) in [5.41, 5.74) is 8.14. The Kier molecular flexibility index (Phi) is 3.37. The minimum atomic E-state index is 0.150. The van der Waals surface area contributed by atoms with E-state index >= 15 is 0 Å². The molecule has 90 valence electrons. The molecule has 0 aromatic heterocycles. The highest BCUT2D eigenvalue weighted by Gasteiger charge is 2.34. The van der Waals surface area contributed by atoms with Gasteiger partial charge in [-0.05, 0) is 30.0 Å². The molecule has 2 N–H and O–H groups in total. The van der Waals surface area contributed by atoms with Crippen LogP contribution in [0.2, 0.25) is 0 Å². The van der Waals surface area contributed by atoms with Gasteiger partial charge >= 0.3 is 0 Å². The van der Waals surface area contributed by atoms with Gasteiger partial charge in [0.15, 0.2) is 0 Å². The smallest absolute Gasteiger partial charge is 0.0314 e. The zero-order valence-electron chi connectivity index (χ0n) is 10.7. The molecule has 2 rings (SSSR count). The Bertz CT molecular complexity index is 427. The zero-order chi connectivity index (χ0) is 12.3. The van der Waals surface area contributed by atoms with Crippen LogP contribution in [0, 0.1) is 5.92 Å². The third-order valence-corrected chi connectivity index (χ3v) is 4.04. The molecule has 0 spiro atoms. The van der Waals surface area contributed by atoms with E-state index in [1.165, 1.54) is 12.0 Å². The maximum Gasteiger partial charge on any atom is 0.0314 e. The van der Waals surface area contributed by atoms with Gasteiger partial charge in [0.25, 0.3) is 0 Å². The van der Waals surface area contributed by atoms with Gasteiger partial charge in [0.1, 0.15) is 0 Å². The molecule has 0 heterocycles. The topological polar surface area (TPSA) is 26.0 Å². The number of hydrogen-bond acceptors (Lipinski definition) is 1. The van der Waals surface area contributed by atoms with Gasteiger partial charge in [-0.15, -0.1) is 0 Å². The van der Waals surface area contributed by atoms with Crippen molar-refractivity contribution in [3.05, 3.63) is 54.1 Å². The van der Waals surface area contributed by atoms with Gasteiger partial charge in [0, 0.05) is 11.1 Å². The first-order chi connectivity index (χ1) is 8.19. The van der Waals surface area contributed by atoms with Gasteiger partial charge < -0.3 is 5.73 Å². The minimum absolute atomic E-state index is 0.150. The molecule has 2 unspecified atom stereocenters. The van der Waals surface area contributed by atoms with Gasteiger partial charge in [-0.25, -0.2) is 0 Å². The summed E-state index contributed by atoms with van der Waals surface area (Å²) in [5, 5.41) is 0. The average Bonchev–Trinajstić information content (AvgIpc) is 2.39. The molecule has 0 bridgehead atoms. The van der Waals surface area contributed by atoms with Crippen molar-refractivity contribution >= 4 is 5.69 Å². The zero-order valence-corrected chi connectivity index (χ0v) is 10.7. The van der Waals surface area contributed by atoms with E-state index < -0.39 is 0 Å². The summed E-state index contributed by atoms with van der Waals surface area (Å²) in [6, 6.07) is 8.35. The normalized spacial score (nSPS) is 24.8. The third kappa shape index (κ3) is 2.14. The Balaban J connectivity index is 2.43. The Labute approximate surface area is 104 Å². The highest BCUT2D eigenvalue weighted by atomic mass is 14.5. The van der Waals surface area contributed by atoms with Gasteiger partial charge in [-0.1, -0.05) is 56.7 Å². The van der Waals surface area contributed by atoms with Crippen LogP contribution in [0.1, 0.15) is 32.3 Å². The second-order valence-corrected chi connectivity index (χ2v) is 4.96. The highest BCUT2D eigenvalue weighted by Crippen LogP contribution is 2.41. The predicted molar refractivity (Wildman–Crippen MR) is 74.9 cm³/mol. The maximum atomic E-state index is 5.78. The molecule has 0 fully saturated rings. The van der Waals surface area contributed by atoms with Crippen LogP contribution < -0.4 is 5.73 Å². The van der Waals surface area contributed by atoms with E-state index in [1.54, 1.807) is 0 Å². The molecule has 0 radical (unpaired) electrons.